The summed E-state index contributed by atoms with van der Waals surface area (Å²) in [6, 6.07) is 2.09. The van der Waals surface area contributed by atoms with Gasteiger partial charge in [-0.05, 0) is 64.9 Å². The maximum absolute atomic E-state index is 12.2. The number of hydrogen-bond donors (Lipinski definition) is 1. The van der Waals surface area contributed by atoms with E-state index in [4.69, 9.17) is 0 Å². The Hall–Kier alpha value is -0.350. The fraction of sp³-hybridized carbons (Fsp3) is 0.643. The van der Waals surface area contributed by atoms with Crippen LogP contribution in [0.3, 0.4) is 0 Å². The van der Waals surface area contributed by atoms with Crippen LogP contribution in [0, 0.1) is 29.6 Å². The molecule has 1 aromatic heterocycles. The number of hydrogen-bond acceptors (Lipinski definition) is 2. The first-order valence-electron chi connectivity index (χ1n) is 6.74. The lowest BCUT2D eigenvalue weighted by molar-refractivity contribution is -0.123. The highest BCUT2D eigenvalue weighted by Gasteiger charge is 2.67. The van der Waals surface area contributed by atoms with E-state index in [9.17, 15) is 4.79 Å². The van der Waals surface area contributed by atoms with Crippen LogP contribution < -0.4 is 5.32 Å². The minimum Gasteiger partial charge on any atom is -0.351 e. The van der Waals surface area contributed by atoms with E-state index in [2.05, 4.69) is 32.7 Å². The van der Waals surface area contributed by atoms with Crippen LogP contribution in [0.2, 0.25) is 0 Å². The first kappa shape index (κ1) is 11.5. The van der Waals surface area contributed by atoms with Gasteiger partial charge in [0.25, 0.3) is 0 Å². The number of carbonyl (C=O) groups is 1. The SMILES string of the molecule is O=C(NCc1cc(Br)cs1)C1C2C3CCC(C3)C12. The topological polar surface area (TPSA) is 29.1 Å². The molecule has 0 radical (unpaired) electrons. The fourth-order valence-corrected chi connectivity index (χ4v) is 5.80. The Morgan fingerprint density at radius 2 is 2.11 bits per heavy atom. The van der Waals surface area contributed by atoms with Crippen molar-refractivity contribution in [2.24, 2.45) is 29.6 Å². The van der Waals surface area contributed by atoms with Crippen molar-refractivity contribution in [3.63, 3.8) is 0 Å². The number of nitrogens with one attached hydrogen (secondary N) is 1. The van der Waals surface area contributed by atoms with Crippen LogP contribution in [0.25, 0.3) is 0 Å². The maximum Gasteiger partial charge on any atom is 0.224 e. The van der Waals surface area contributed by atoms with E-state index in [1.807, 2.05) is 0 Å². The summed E-state index contributed by atoms with van der Waals surface area (Å²) >= 11 is 5.14. The smallest absolute Gasteiger partial charge is 0.224 e. The highest BCUT2D eigenvalue weighted by molar-refractivity contribution is 9.10. The van der Waals surface area contributed by atoms with Crippen molar-refractivity contribution in [3.05, 3.63) is 20.8 Å². The number of halogens is 1. The normalized spacial score (nSPS) is 39.7. The summed E-state index contributed by atoms with van der Waals surface area (Å²) in [5, 5.41) is 5.19. The van der Waals surface area contributed by atoms with Crippen LogP contribution >= 0.6 is 27.3 Å². The van der Waals surface area contributed by atoms with E-state index < -0.39 is 0 Å². The molecule has 1 heterocycles. The third-order valence-electron chi connectivity index (χ3n) is 5.10. The van der Waals surface area contributed by atoms with Crippen molar-refractivity contribution in [2.45, 2.75) is 25.8 Å². The summed E-state index contributed by atoms with van der Waals surface area (Å²) in [5.74, 6) is 3.93. The van der Waals surface area contributed by atoms with Gasteiger partial charge in [0.15, 0.2) is 0 Å². The standard InChI is InChI=1S/C14H16BrNOS/c15-9-4-10(18-6-9)5-16-14(17)13-11-7-1-2-8(3-7)12(11)13/h4,6-8,11-13H,1-3,5H2,(H,16,17). The van der Waals surface area contributed by atoms with Gasteiger partial charge in [-0.1, -0.05) is 0 Å². The molecular weight excluding hydrogens is 310 g/mol. The molecule has 1 aromatic rings. The quantitative estimate of drug-likeness (QED) is 0.906. The van der Waals surface area contributed by atoms with E-state index in [0.717, 1.165) is 28.1 Å². The largest absolute Gasteiger partial charge is 0.351 e. The molecule has 2 bridgehead atoms. The molecule has 96 valence electrons. The summed E-state index contributed by atoms with van der Waals surface area (Å²) in [5.41, 5.74) is 0. The van der Waals surface area contributed by atoms with Gasteiger partial charge in [0, 0.05) is 20.6 Å². The lowest BCUT2D eigenvalue weighted by Gasteiger charge is -2.08. The third-order valence-corrected chi connectivity index (χ3v) is 6.79. The van der Waals surface area contributed by atoms with Crippen molar-refractivity contribution in [1.29, 1.82) is 0 Å². The molecule has 0 aliphatic heterocycles. The molecule has 2 nitrogen and oxygen atoms in total. The van der Waals surface area contributed by atoms with Gasteiger partial charge in [-0.3, -0.25) is 4.79 Å². The van der Waals surface area contributed by atoms with Gasteiger partial charge in [-0.2, -0.15) is 0 Å². The summed E-state index contributed by atoms with van der Waals surface area (Å²) in [6.45, 7) is 0.695. The van der Waals surface area contributed by atoms with E-state index >= 15 is 0 Å². The van der Waals surface area contributed by atoms with Crippen LogP contribution in [-0.4, -0.2) is 5.91 Å². The van der Waals surface area contributed by atoms with Crippen LogP contribution in [-0.2, 0) is 11.3 Å². The van der Waals surface area contributed by atoms with E-state index in [-0.39, 0.29) is 0 Å². The average Bonchev–Trinajstić information content (AvgIpc) is 2.69. The average molecular weight is 326 g/mol. The first-order valence-corrected chi connectivity index (χ1v) is 8.42. The lowest BCUT2D eigenvalue weighted by Crippen LogP contribution is -2.26. The van der Waals surface area contributed by atoms with E-state index in [0.29, 0.717) is 18.4 Å². The Bertz CT molecular complexity index is 484. The molecule has 4 unspecified atom stereocenters. The molecule has 4 atom stereocenters. The Kier molecular flexibility index (Phi) is 2.60. The number of rotatable bonds is 3. The van der Waals surface area contributed by atoms with Gasteiger partial charge in [-0.15, -0.1) is 11.3 Å². The van der Waals surface area contributed by atoms with Crippen molar-refractivity contribution in [2.75, 3.05) is 0 Å². The van der Waals surface area contributed by atoms with Crippen LogP contribution in [0.1, 0.15) is 24.1 Å². The van der Waals surface area contributed by atoms with Gasteiger partial charge in [0.05, 0.1) is 6.54 Å². The van der Waals surface area contributed by atoms with Crippen LogP contribution in [0.5, 0.6) is 0 Å². The Morgan fingerprint density at radius 3 is 2.72 bits per heavy atom. The Morgan fingerprint density at radius 1 is 1.39 bits per heavy atom. The molecule has 3 fully saturated rings. The van der Waals surface area contributed by atoms with Crippen molar-refractivity contribution < 1.29 is 4.79 Å². The highest BCUT2D eigenvalue weighted by atomic mass is 79.9. The van der Waals surface area contributed by atoms with Crippen LogP contribution in [0.15, 0.2) is 15.9 Å². The molecular formula is C14H16BrNOS. The number of amides is 1. The zero-order valence-corrected chi connectivity index (χ0v) is 12.5. The minimum atomic E-state index is 0.311. The van der Waals surface area contributed by atoms with Gasteiger partial charge in [0.1, 0.15) is 0 Å². The van der Waals surface area contributed by atoms with Crippen molar-refractivity contribution >= 4 is 33.2 Å². The molecule has 0 saturated heterocycles. The molecule has 3 saturated carbocycles. The monoisotopic (exact) mass is 325 g/mol. The molecule has 3 aliphatic rings. The van der Waals surface area contributed by atoms with Crippen molar-refractivity contribution in [1.82, 2.24) is 5.32 Å². The molecule has 1 amide bonds. The second-order valence-corrected chi connectivity index (χ2v) is 7.87. The molecule has 3 aliphatic carbocycles. The molecule has 0 spiro atoms. The zero-order valence-electron chi connectivity index (χ0n) is 10.1. The molecule has 4 rings (SSSR count). The minimum absolute atomic E-state index is 0.311. The zero-order chi connectivity index (χ0) is 12.3. The Balaban J connectivity index is 1.36. The summed E-state index contributed by atoms with van der Waals surface area (Å²) in [6.07, 6.45) is 4.18. The molecule has 4 heteroatoms. The third kappa shape index (κ3) is 1.68. The van der Waals surface area contributed by atoms with Gasteiger partial charge in [-0.25, -0.2) is 0 Å². The second-order valence-electron chi connectivity index (χ2n) is 5.96. The van der Waals surface area contributed by atoms with Gasteiger partial charge < -0.3 is 5.32 Å². The second kappa shape index (κ2) is 4.07. The summed E-state index contributed by atoms with van der Waals surface area (Å²) < 4.78 is 1.11. The summed E-state index contributed by atoms with van der Waals surface area (Å²) in [7, 11) is 0. The highest BCUT2D eigenvalue weighted by Crippen LogP contribution is 2.69. The fourth-order valence-electron chi connectivity index (χ4n) is 4.41. The molecule has 1 N–H and O–H groups in total. The molecule has 18 heavy (non-hydrogen) atoms. The number of fused-ring (bicyclic) bond motifs is 5. The van der Waals surface area contributed by atoms with Crippen molar-refractivity contribution in [3.8, 4) is 0 Å². The molecule has 0 aromatic carbocycles. The van der Waals surface area contributed by atoms with Gasteiger partial charge in [0.2, 0.25) is 5.91 Å². The maximum atomic E-state index is 12.2. The summed E-state index contributed by atoms with van der Waals surface area (Å²) in [4.78, 5) is 13.4. The number of carbonyl (C=O) groups excluding carboxylic acids is 1. The lowest BCUT2D eigenvalue weighted by atomic mass is 10.0. The number of thiophene rings is 1. The van der Waals surface area contributed by atoms with Gasteiger partial charge >= 0.3 is 0 Å². The van der Waals surface area contributed by atoms with E-state index in [1.165, 1.54) is 24.1 Å². The predicted molar refractivity (Wildman–Crippen MR) is 75.2 cm³/mol. The predicted octanol–water partition coefficient (Wildman–Crippen LogP) is 3.42. The first-order chi connectivity index (χ1) is 8.74. The van der Waals surface area contributed by atoms with E-state index in [1.54, 1.807) is 11.3 Å². The van der Waals surface area contributed by atoms with Crippen LogP contribution in [0.4, 0.5) is 0 Å². The Labute approximate surface area is 119 Å².